The first-order valence-electron chi connectivity index (χ1n) is 4.38. The maximum absolute atomic E-state index is 13.4. The molecule has 82 valence electrons. The molecule has 0 spiro atoms. The van der Waals surface area contributed by atoms with Crippen LogP contribution in [0.5, 0.6) is 5.75 Å². The van der Waals surface area contributed by atoms with Crippen LogP contribution in [0.3, 0.4) is 0 Å². The van der Waals surface area contributed by atoms with Gasteiger partial charge in [0.15, 0.2) is 0 Å². The van der Waals surface area contributed by atoms with Crippen molar-refractivity contribution in [2.75, 3.05) is 0 Å². The molecule has 1 aromatic carbocycles. The fraction of sp³-hybridized carbons (Fsp3) is 0. The van der Waals surface area contributed by atoms with Gasteiger partial charge in [-0.05, 0) is 29.1 Å². The van der Waals surface area contributed by atoms with Crippen molar-refractivity contribution in [1.82, 2.24) is 0 Å². The van der Waals surface area contributed by atoms with E-state index >= 15 is 0 Å². The van der Waals surface area contributed by atoms with Crippen molar-refractivity contribution in [3.05, 3.63) is 40.3 Å². The van der Waals surface area contributed by atoms with Gasteiger partial charge in [-0.15, -0.1) is 11.3 Å². The summed E-state index contributed by atoms with van der Waals surface area (Å²) in [5, 5.41) is 19.3. The van der Waals surface area contributed by atoms with Gasteiger partial charge >= 0.3 is 5.97 Å². The zero-order valence-electron chi connectivity index (χ0n) is 7.98. The highest BCUT2D eigenvalue weighted by Gasteiger charge is 2.11. The van der Waals surface area contributed by atoms with E-state index in [9.17, 15) is 9.18 Å². The first-order valence-corrected chi connectivity index (χ1v) is 5.26. The number of carboxylic acids is 1. The highest BCUT2D eigenvalue weighted by atomic mass is 32.1. The van der Waals surface area contributed by atoms with Crippen LogP contribution in [0.4, 0.5) is 4.39 Å². The van der Waals surface area contributed by atoms with E-state index in [-0.39, 0.29) is 16.2 Å². The highest BCUT2D eigenvalue weighted by molar-refractivity contribution is 7.12. The average Bonchev–Trinajstić information content (AvgIpc) is 2.66. The Hall–Kier alpha value is -1.88. The van der Waals surface area contributed by atoms with Crippen LogP contribution in [0.25, 0.3) is 11.1 Å². The molecule has 0 fully saturated rings. The Labute approximate surface area is 94.4 Å². The number of benzene rings is 1. The van der Waals surface area contributed by atoms with E-state index < -0.39 is 11.8 Å². The molecular weight excluding hydrogens is 231 g/mol. The van der Waals surface area contributed by atoms with Gasteiger partial charge in [0.25, 0.3) is 0 Å². The van der Waals surface area contributed by atoms with Crippen LogP contribution >= 0.6 is 11.3 Å². The van der Waals surface area contributed by atoms with Crippen molar-refractivity contribution >= 4 is 17.3 Å². The van der Waals surface area contributed by atoms with Crippen molar-refractivity contribution < 1.29 is 19.4 Å². The molecule has 3 nitrogen and oxygen atoms in total. The van der Waals surface area contributed by atoms with Crippen molar-refractivity contribution in [2.24, 2.45) is 0 Å². The standard InChI is InChI=1S/C11H7FO3S/c12-9-4-7(13)1-2-8(9)6-3-10(11(14)15)16-5-6/h1-5,13H,(H,14,15). The summed E-state index contributed by atoms with van der Waals surface area (Å²) in [6, 6.07) is 5.17. The molecular formula is C11H7FO3S. The summed E-state index contributed by atoms with van der Waals surface area (Å²) in [4.78, 5) is 10.8. The van der Waals surface area contributed by atoms with E-state index in [1.807, 2.05) is 0 Å². The zero-order chi connectivity index (χ0) is 11.7. The molecule has 0 saturated heterocycles. The van der Waals surface area contributed by atoms with E-state index in [4.69, 9.17) is 10.2 Å². The molecule has 2 rings (SSSR count). The molecule has 0 saturated carbocycles. The lowest BCUT2D eigenvalue weighted by Gasteiger charge is -2.00. The lowest BCUT2D eigenvalue weighted by molar-refractivity contribution is 0.0702. The Morgan fingerprint density at radius 1 is 1.31 bits per heavy atom. The monoisotopic (exact) mass is 238 g/mol. The number of carbonyl (C=O) groups is 1. The molecule has 0 amide bonds. The number of phenols is 1. The van der Waals surface area contributed by atoms with Gasteiger partial charge in [0, 0.05) is 11.6 Å². The van der Waals surface area contributed by atoms with E-state index in [0.717, 1.165) is 17.4 Å². The third kappa shape index (κ3) is 1.90. The van der Waals surface area contributed by atoms with E-state index in [2.05, 4.69) is 0 Å². The summed E-state index contributed by atoms with van der Waals surface area (Å²) < 4.78 is 13.4. The lowest BCUT2D eigenvalue weighted by Crippen LogP contribution is -1.90. The van der Waals surface area contributed by atoms with Crippen LogP contribution in [0.15, 0.2) is 29.6 Å². The van der Waals surface area contributed by atoms with Crippen LogP contribution in [0.2, 0.25) is 0 Å². The fourth-order valence-electron chi connectivity index (χ4n) is 1.33. The van der Waals surface area contributed by atoms with Gasteiger partial charge in [-0.3, -0.25) is 0 Å². The van der Waals surface area contributed by atoms with Gasteiger partial charge < -0.3 is 10.2 Å². The average molecular weight is 238 g/mol. The van der Waals surface area contributed by atoms with Crippen LogP contribution in [0.1, 0.15) is 9.67 Å². The van der Waals surface area contributed by atoms with Gasteiger partial charge in [0.2, 0.25) is 0 Å². The van der Waals surface area contributed by atoms with Gasteiger partial charge in [-0.1, -0.05) is 0 Å². The molecule has 0 bridgehead atoms. The van der Waals surface area contributed by atoms with Crippen molar-refractivity contribution in [2.45, 2.75) is 0 Å². The Morgan fingerprint density at radius 2 is 2.06 bits per heavy atom. The summed E-state index contributed by atoms with van der Waals surface area (Å²) in [5.74, 6) is -1.76. The first kappa shape index (κ1) is 10.6. The van der Waals surface area contributed by atoms with Gasteiger partial charge in [-0.2, -0.15) is 0 Å². The Balaban J connectivity index is 2.46. The molecule has 0 radical (unpaired) electrons. The number of hydrogen-bond acceptors (Lipinski definition) is 3. The molecule has 0 unspecified atom stereocenters. The molecule has 5 heteroatoms. The van der Waals surface area contributed by atoms with Crippen molar-refractivity contribution in [3.8, 4) is 16.9 Å². The molecule has 2 aromatic rings. The van der Waals surface area contributed by atoms with E-state index in [1.54, 1.807) is 5.38 Å². The summed E-state index contributed by atoms with van der Waals surface area (Å²) in [6.07, 6.45) is 0. The maximum atomic E-state index is 13.4. The number of rotatable bonds is 2. The fourth-order valence-corrected chi connectivity index (χ4v) is 2.07. The molecule has 0 aliphatic heterocycles. The lowest BCUT2D eigenvalue weighted by atomic mass is 10.1. The number of phenolic OH excluding ortho intramolecular Hbond substituents is 1. The topological polar surface area (TPSA) is 57.5 Å². The number of carboxylic acid groups (broad SMARTS) is 1. The van der Waals surface area contributed by atoms with Gasteiger partial charge in [0.05, 0.1) is 0 Å². The second kappa shape index (κ2) is 3.94. The molecule has 0 aliphatic carbocycles. The minimum absolute atomic E-state index is 0.155. The zero-order valence-corrected chi connectivity index (χ0v) is 8.79. The highest BCUT2D eigenvalue weighted by Crippen LogP contribution is 2.29. The minimum atomic E-state index is -1.03. The van der Waals surface area contributed by atoms with Crippen LogP contribution in [0, 0.1) is 5.82 Å². The van der Waals surface area contributed by atoms with Gasteiger partial charge in [-0.25, -0.2) is 9.18 Å². The maximum Gasteiger partial charge on any atom is 0.345 e. The van der Waals surface area contributed by atoms with Crippen molar-refractivity contribution in [1.29, 1.82) is 0 Å². The predicted molar refractivity (Wildman–Crippen MR) is 58.3 cm³/mol. The normalized spacial score (nSPS) is 10.3. The summed E-state index contributed by atoms with van der Waals surface area (Å²) in [6.45, 7) is 0. The van der Waals surface area contributed by atoms with Crippen LogP contribution in [-0.4, -0.2) is 16.2 Å². The third-order valence-corrected chi connectivity index (χ3v) is 2.99. The quantitative estimate of drug-likeness (QED) is 0.845. The number of halogens is 1. The predicted octanol–water partition coefficient (Wildman–Crippen LogP) is 2.96. The number of aromatic hydroxyl groups is 1. The van der Waals surface area contributed by atoms with Crippen LogP contribution in [-0.2, 0) is 0 Å². The van der Waals surface area contributed by atoms with Crippen molar-refractivity contribution in [3.63, 3.8) is 0 Å². The second-order valence-electron chi connectivity index (χ2n) is 3.17. The van der Waals surface area contributed by atoms with Crippen LogP contribution < -0.4 is 0 Å². The Kier molecular flexibility index (Phi) is 2.62. The van der Waals surface area contributed by atoms with Gasteiger partial charge in [0.1, 0.15) is 16.4 Å². The smallest absolute Gasteiger partial charge is 0.345 e. The number of thiophene rings is 1. The number of hydrogen-bond donors (Lipinski definition) is 2. The first-order chi connectivity index (χ1) is 7.58. The molecule has 0 atom stereocenters. The Morgan fingerprint density at radius 3 is 2.62 bits per heavy atom. The molecule has 16 heavy (non-hydrogen) atoms. The molecule has 2 N–H and O–H groups in total. The number of aromatic carboxylic acids is 1. The molecule has 0 aliphatic rings. The SMILES string of the molecule is O=C(O)c1cc(-c2ccc(O)cc2F)cs1. The summed E-state index contributed by atoms with van der Waals surface area (Å²) in [7, 11) is 0. The second-order valence-corrected chi connectivity index (χ2v) is 4.08. The third-order valence-electron chi connectivity index (χ3n) is 2.07. The minimum Gasteiger partial charge on any atom is -0.508 e. The summed E-state index contributed by atoms with van der Waals surface area (Å²) in [5.41, 5.74) is 0.779. The largest absolute Gasteiger partial charge is 0.508 e. The molecule has 1 heterocycles. The summed E-state index contributed by atoms with van der Waals surface area (Å²) >= 11 is 1.04. The van der Waals surface area contributed by atoms with E-state index in [0.29, 0.717) is 5.56 Å². The Bertz CT molecular complexity index is 548. The van der Waals surface area contributed by atoms with E-state index in [1.165, 1.54) is 18.2 Å². The molecule has 1 aromatic heterocycles.